The van der Waals surface area contributed by atoms with Gasteiger partial charge in [-0.1, -0.05) is 39.5 Å². The van der Waals surface area contributed by atoms with Crippen LogP contribution >= 0.6 is 31.9 Å². The van der Waals surface area contributed by atoms with Crippen LogP contribution in [0, 0.1) is 5.92 Å². The second-order valence-corrected chi connectivity index (χ2v) is 6.66. The predicted molar refractivity (Wildman–Crippen MR) is 87.6 cm³/mol. The van der Waals surface area contributed by atoms with E-state index in [1.165, 1.54) is 25.7 Å². The largest absolute Gasteiger partial charge is 0.271 e. The monoisotopic (exact) mass is 391 g/mol. The van der Waals surface area contributed by atoms with E-state index in [0.29, 0.717) is 5.92 Å². The highest BCUT2D eigenvalue weighted by molar-refractivity contribution is 9.11. The molecule has 5 heteroatoms. The summed E-state index contributed by atoms with van der Waals surface area (Å²) in [5.74, 6) is 6.41. The van der Waals surface area contributed by atoms with Crippen LogP contribution in [0.5, 0.6) is 0 Å². The van der Waals surface area contributed by atoms with Gasteiger partial charge >= 0.3 is 0 Å². The third-order valence-corrected chi connectivity index (χ3v) is 4.55. The number of nitrogens with one attached hydrogen (secondary N) is 1. The molecule has 1 aromatic heterocycles. The van der Waals surface area contributed by atoms with Gasteiger partial charge in [-0.3, -0.25) is 16.3 Å². The van der Waals surface area contributed by atoms with Crippen molar-refractivity contribution < 1.29 is 0 Å². The first kappa shape index (κ1) is 17.1. The summed E-state index contributed by atoms with van der Waals surface area (Å²) in [6.07, 6.45) is 7.82. The number of hydrazine groups is 1. The zero-order chi connectivity index (χ0) is 14.3. The van der Waals surface area contributed by atoms with Gasteiger partial charge in [0.05, 0.1) is 11.7 Å². The Balaban J connectivity index is 2.76. The Labute approximate surface area is 133 Å². The van der Waals surface area contributed by atoms with Crippen LogP contribution in [0.4, 0.5) is 0 Å². The van der Waals surface area contributed by atoms with E-state index >= 15 is 0 Å². The molecule has 3 N–H and O–H groups in total. The van der Waals surface area contributed by atoms with Gasteiger partial charge in [0, 0.05) is 15.1 Å². The lowest BCUT2D eigenvalue weighted by Gasteiger charge is -2.22. The molecular weight excluding hydrogens is 370 g/mol. The minimum absolute atomic E-state index is 0.101. The van der Waals surface area contributed by atoms with Gasteiger partial charge in [0.25, 0.3) is 0 Å². The van der Waals surface area contributed by atoms with Crippen molar-refractivity contribution in [2.24, 2.45) is 11.8 Å². The number of rotatable bonds is 8. The van der Waals surface area contributed by atoms with Crippen LogP contribution in [0.3, 0.4) is 0 Å². The fraction of sp³-hybridized carbons (Fsp3) is 0.643. The molecule has 0 fully saturated rings. The number of unbranched alkanes of at least 4 members (excludes halogenated alkanes) is 1. The number of hydrogen-bond acceptors (Lipinski definition) is 3. The highest BCUT2D eigenvalue weighted by atomic mass is 79.9. The molecule has 0 saturated carbocycles. The first-order valence-electron chi connectivity index (χ1n) is 6.89. The second-order valence-electron chi connectivity index (χ2n) is 4.89. The molecule has 0 radical (unpaired) electrons. The molecule has 0 saturated heterocycles. The van der Waals surface area contributed by atoms with E-state index in [1.807, 2.05) is 12.3 Å². The smallest absolute Gasteiger partial charge is 0.0729 e. The molecule has 0 aliphatic rings. The second kappa shape index (κ2) is 9.06. The predicted octanol–water partition coefficient (Wildman–Crippen LogP) is 4.72. The van der Waals surface area contributed by atoms with Gasteiger partial charge in [0.15, 0.2) is 0 Å². The lowest BCUT2D eigenvalue weighted by Crippen LogP contribution is -2.30. The van der Waals surface area contributed by atoms with E-state index < -0.39 is 0 Å². The van der Waals surface area contributed by atoms with E-state index in [0.717, 1.165) is 21.1 Å². The van der Waals surface area contributed by atoms with Crippen LogP contribution in [0.1, 0.15) is 57.7 Å². The summed E-state index contributed by atoms with van der Waals surface area (Å²) < 4.78 is 1.96. The van der Waals surface area contributed by atoms with Gasteiger partial charge in [-0.2, -0.15) is 0 Å². The van der Waals surface area contributed by atoms with Crippen LogP contribution in [-0.4, -0.2) is 4.98 Å². The quantitative estimate of drug-likeness (QED) is 0.497. The van der Waals surface area contributed by atoms with Gasteiger partial charge in [0.2, 0.25) is 0 Å². The molecule has 0 spiro atoms. The molecule has 0 aliphatic heterocycles. The van der Waals surface area contributed by atoms with E-state index in [4.69, 9.17) is 5.84 Å². The fourth-order valence-electron chi connectivity index (χ4n) is 2.25. The average molecular weight is 393 g/mol. The molecule has 1 aromatic rings. The molecule has 1 rings (SSSR count). The Morgan fingerprint density at radius 2 is 2.11 bits per heavy atom. The van der Waals surface area contributed by atoms with Crippen molar-refractivity contribution in [3.05, 3.63) is 26.9 Å². The van der Waals surface area contributed by atoms with Crippen LogP contribution in [-0.2, 0) is 0 Å². The molecule has 2 unspecified atom stereocenters. The van der Waals surface area contributed by atoms with Crippen molar-refractivity contribution in [2.75, 3.05) is 0 Å². The molecule has 1 heterocycles. The minimum Gasteiger partial charge on any atom is -0.271 e. The molecule has 108 valence electrons. The maximum Gasteiger partial charge on any atom is 0.0729 e. The number of halogens is 2. The lowest BCUT2D eigenvalue weighted by molar-refractivity contribution is 0.351. The molecule has 0 aromatic carbocycles. The van der Waals surface area contributed by atoms with Crippen molar-refractivity contribution in [1.82, 2.24) is 10.4 Å². The first-order valence-corrected chi connectivity index (χ1v) is 8.48. The molecule has 19 heavy (non-hydrogen) atoms. The molecule has 0 aliphatic carbocycles. The van der Waals surface area contributed by atoms with Gasteiger partial charge in [-0.15, -0.1) is 0 Å². The van der Waals surface area contributed by atoms with E-state index in [9.17, 15) is 0 Å². The number of aromatic nitrogens is 1. The zero-order valence-electron chi connectivity index (χ0n) is 11.6. The maximum absolute atomic E-state index is 5.72. The molecule has 3 nitrogen and oxygen atoms in total. The number of pyridine rings is 1. The van der Waals surface area contributed by atoms with Crippen LogP contribution in [0.25, 0.3) is 0 Å². The Kier molecular flexibility index (Phi) is 8.14. The van der Waals surface area contributed by atoms with Crippen molar-refractivity contribution >= 4 is 31.9 Å². The molecular formula is C14H23Br2N3. The van der Waals surface area contributed by atoms with Gasteiger partial charge in [0.1, 0.15) is 0 Å². The number of hydrogen-bond donors (Lipinski definition) is 2. The topological polar surface area (TPSA) is 50.9 Å². The summed E-state index contributed by atoms with van der Waals surface area (Å²) in [7, 11) is 0. The highest BCUT2D eigenvalue weighted by Crippen LogP contribution is 2.30. The van der Waals surface area contributed by atoms with Gasteiger partial charge in [-0.25, -0.2) is 0 Å². The lowest BCUT2D eigenvalue weighted by atomic mass is 9.91. The third-order valence-electron chi connectivity index (χ3n) is 3.48. The van der Waals surface area contributed by atoms with Crippen molar-refractivity contribution in [3.63, 3.8) is 0 Å². The van der Waals surface area contributed by atoms with Crippen LogP contribution < -0.4 is 11.3 Å². The summed E-state index contributed by atoms with van der Waals surface area (Å²) in [6, 6.07) is 2.11. The summed E-state index contributed by atoms with van der Waals surface area (Å²) >= 11 is 6.99. The number of nitrogens with two attached hydrogens (primary N) is 1. The summed E-state index contributed by atoms with van der Waals surface area (Å²) in [5.41, 5.74) is 3.90. The van der Waals surface area contributed by atoms with E-state index in [1.54, 1.807) is 0 Å². The van der Waals surface area contributed by atoms with Gasteiger partial charge in [-0.05, 0) is 50.3 Å². The molecule has 0 bridgehead atoms. The first-order chi connectivity index (χ1) is 9.12. The van der Waals surface area contributed by atoms with Crippen molar-refractivity contribution in [3.8, 4) is 0 Å². The highest BCUT2D eigenvalue weighted by Gasteiger charge is 2.19. The Morgan fingerprint density at radius 1 is 1.37 bits per heavy atom. The summed E-state index contributed by atoms with van der Waals surface area (Å²) in [4.78, 5) is 4.48. The minimum atomic E-state index is 0.101. The van der Waals surface area contributed by atoms with E-state index in [-0.39, 0.29) is 6.04 Å². The summed E-state index contributed by atoms with van der Waals surface area (Å²) in [5, 5.41) is 0. The number of nitrogens with zero attached hydrogens (tertiary/aromatic N) is 1. The van der Waals surface area contributed by atoms with Crippen molar-refractivity contribution in [1.29, 1.82) is 0 Å². The Morgan fingerprint density at radius 3 is 2.63 bits per heavy atom. The van der Waals surface area contributed by atoms with Crippen molar-refractivity contribution in [2.45, 2.75) is 52.0 Å². The molecule has 2 atom stereocenters. The fourth-order valence-corrected chi connectivity index (χ4v) is 3.52. The Bertz CT molecular complexity index is 385. The molecule has 0 amide bonds. The maximum atomic E-state index is 5.72. The van der Waals surface area contributed by atoms with Crippen LogP contribution in [0.2, 0.25) is 0 Å². The zero-order valence-corrected chi connectivity index (χ0v) is 14.8. The van der Waals surface area contributed by atoms with Crippen LogP contribution in [0.15, 0.2) is 21.2 Å². The summed E-state index contributed by atoms with van der Waals surface area (Å²) in [6.45, 7) is 4.48. The van der Waals surface area contributed by atoms with E-state index in [2.05, 4.69) is 56.1 Å². The Hall–Kier alpha value is 0.0300. The van der Waals surface area contributed by atoms with Gasteiger partial charge < -0.3 is 0 Å². The third kappa shape index (κ3) is 5.50. The average Bonchev–Trinajstić information content (AvgIpc) is 2.40. The normalized spacial score (nSPS) is 14.4. The SMILES string of the molecule is CCCCC(CC)CC(NN)c1ncc(Br)cc1Br. The standard InChI is InChI=1S/C14H23Br2N3/c1-3-5-6-10(4-2)7-13(19-17)14-12(16)8-11(15)9-18-14/h8-10,13,19H,3-7,17H2,1-2H3.